The number of piperazine rings is 1. The first-order valence-electron chi connectivity index (χ1n) is 4.95. The molecular weight excluding hydrogens is 180 g/mol. The van der Waals surface area contributed by atoms with Gasteiger partial charge in [-0.2, -0.15) is 0 Å². The Morgan fingerprint density at radius 3 is 2.14 bits per heavy atom. The molecule has 0 aromatic carbocycles. The minimum absolute atomic E-state index is 0.274. The van der Waals surface area contributed by atoms with Crippen LogP contribution in [-0.4, -0.2) is 55.2 Å². The molecule has 4 nitrogen and oxygen atoms in total. The number of nitrogens with zero attached hydrogens (tertiary/aromatic N) is 2. The van der Waals surface area contributed by atoms with Crippen molar-refractivity contribution < 1.29 is 9.59 Å². The van der Waals surface area contributed by atoms with Crippen LogP contribution in [0.3, 0.4) is 0 Å². The first-order valence-corrected chi connectivity index (χ1v) is 4.95. The maximum Gasteiger partial charge on any atom is 0.209 e. The van der Waals surface area contributed by atoms with Crippen LogP contribution in [0.25, 0.3) is 0 Å². The molecule has 1 aliphatic heterocycles. The molecule has 0 unspecified atom stereocenters. The molecule has 1 amide bonds. The molecule has 0 saturated carbocycles. The van der Waals surface area contributed by atoms with Crippen LogP contribution < -0.4 is 0 Å². The fourth-order valence-electron chi connectivity index (χ4n) is 1.64. The molecule has 1 rings (SSSR count). The third-order valence-electron chi connectivity index (χ3n) is 2.51. The Hall–Kier alpha value is -0.900. The molecule has 0 aromatic rings. The summed E-state index contributed by atoms with van der Waals surface area (Å²) in [7, 11) is 0. The van der Waals surface area contributed by atoms with Crippen LogP contribution >= 0.6 is 0 Å². The van der Waals surface area contributed by atoms with Crippen molar-refractivity contribution in [3.8, 4) is 0 Å². The van der Waals surface area contributed by atoms with Gasteiger partial charge in [0.05, 0.1) is 0 Å². The van der Waals surface area contributed by atoms with Crippen molar-refractivity contribution in [2.75, 3.05) is 32.7 Å². The summed E-state index contributed by atoms with van der Waals surface area (Å²) < 4.78 is 0. The van der Waals surface area contributed by atoms with Crippen LogP contribution in [0.2, 0.25) is 0 Å². The highest BCUT2D eigenvalue weighted by Gasteiger charge is 2.23. The molecule has 0 radical (unpaired) electrons. The lowest BCUT2D eigenvalue weighted by molar-refractivity contribution is -0.121. The average Bonchev–Trinajstić information content (AvgIpc) is 2.19. The number of hydrogen-bond donors (Lipinski definition) is 0. The Morgan fingerprint density at radius 1 is 1.14 bits per heavy atom. The van der Waals surface area contributed by atoms with Gasteiger partial charge in [0.2, 0.25) is 6.41 Å². The molecule has 0 aliphatic carbocycles. The zero-order chi connectivity index (χ0) is 10.6. The fourth-order valence-corrected chi connectivity index (χ4v) is 1.64. The van der Waals surface area contributed by atoms with Gasteiger partial charge in [0.15, 0.2) is 0 Å². The van der Waals surface area contributed by atoms with Crippen LogP contribution in [0, 0.1) is 5.41 Å². The third kappa shape index (κ3) is 3.10. The highest BCUT2D eigenvalue weighted by atomic mass is 16.1. The van der Waals surface area contributed by atoms with Crippen LogP contribution in [0.4, 0.5) is 0 Å². The molecule has 4 heteroatoms. The van der Waals surface area contributed by atoms with Gasteiger partial charge in [-0.15, -0.1) is 0 Å². The minimum atomic E-state index is -0.274. The van der Waals surface area contributed by atoms with E-state index in [0.29, 0.717) is 0 Å². The Balaban J connectivity index is 2.35. The van der Waals surface area contributed by atoms with Gasteiger partial charge in [0, 0.05) is 38.1 Å². The Labute approximate surface area is 84.9 Å². The van der Waals surface area contributed by atoms with Crippen molar-refractivity contribution >= 4 is 12.7 Å². The van der Waals surface area contributed by atoms with Gasteiger partial charge in [0.25, 0.3) is 0 Å². The standard InChI is InChI=1S/C10H18N2O2/c1-10(2,8-13)7-11-3-5-12(9-14)6-4-11/h8-9H,3-7H2,1-2H3. The van der Waals surface area contributed by atoms with Gasteiger partial charge in [-0.25, -0.2) is 0 Å². The molecule has 1 aliphatic rings. The van der Waals surface area contributed by atoms with Gasteiger partial charge in [-0.3, -0.25) is 9.69 Å². The number of rotatable bonds is 4. The van der Waals surface area contributed by atoms with Crippen molar-refractivity contribution in [1.82, 2.24) is 9.80 Å². The summed E-state index contributed by atoms with van der Waals surface area (Å²) in [5.41, 5.74) is -0.274. The summed E-state index contributed by atoms with van der Waals surface area (Å²) >= 11 is 0. The summed E-state index contributed by atoms with van der Waals surface area (Å²) in [6.07, 6.45) is 1.89. The normalized spacial score (nSPS) is 19.4. The Morgan fingerprint density at radius 2 is 1.71 bits per heavy atom. The van der Waals surface area contributed by atoms with E-state index in [9.17, 15) is 9.59 Å². The molecule has 0 bridgehead atoms. The van der Waals surface area contributed by atoms with E-state index in [2.05, 4.69) is 4.90 Å². The van der Waals surface area contributed by atoms with Crippen molar-refractivity contribution in [3.05, 3.63) is 0 Å². The monoisotopic (exact) mass is 198 g/mol. The van der Waals surface area contributed by atoms with Crippen molar-refractivity contribution in [3.63, 3.8) is 0 Å². The van der Waals surface area contributed by atoms with E-state index in [1.165, 1.54) is 0 Å². The number of amides is 1. The summed E-state index contributed by atoms with van der Waals surface area (Å²) in [4.78, 5) is 25.2. The third-order valence-corrected chi connectivity index (χ3v) is 2.51. The largest absolute Gasteiger partial charge is 0.343 e. The summed E-state index contributed by atoms with van der Waals surface area (Å²) in [6.45, 7) is 7.95. The SMILES string of the molecule is CC(C)(C=O)CN1CCN(C=O)CC1. The van der Waals surface area contributed by atoms with E-state index in [1.807, 2.05) is 13.8 Å². The Bertz CT molecular complexity index is 208. The molecule has 0 spiro atoms. The quantitative estimate of drug-likeness (QED) is 0.596. The predicted octanol–water partition coefficient (Wildman–Crippen LogP) is -0.0145. The molecule has 80 valence electrons. The Kier molecular flexibility index (Phi) is 3.63. The van der Waals surface area contributed by atoms with E-state index >= 15 is 0 Å². The predicted molar refractivity (Wildman–Crippen MR) is 53.9 cm³/mol. The highest BCUT2D eigenvalue weighted by molar-refractivity contribution is 5.58. The molecule has 1 saturated heterocycles. The summed E-state index contributed by atoms with van der Waals surface area (Å²) in [6, 6.07) is 0. The van der Waals surface area contributed by atoms with Crippen molar-refractivity contribution in [2.45, 2.75) is 13.8 Å². The number of hydrogen-bond acceptors (Lipinski definition) is 3. The van der Waals surface area contributed by atoms with E-state index in [4.69, 9.17) is 0 Å². The number of carbonyl (C=O) groups is 2. The maximum atomic E-state index is 10.7. The summed E-state index contributed by atoms with van der Waals surface area (Å²) in [5, 5.41) is 0. The molecular formula is C10H18N2O2. The topological polar surface area (TPSA) is 40.6 Å². The van der Waals surface area contributed by atoms with Crippen LogP contribution in [0.5, 0.6) is 0 Å². The van der Waals surface area contributed by atoms with Gasteiger partial charge >= 0.3 is 0 Å². The highest BCUT2D eigenvalue weighted by Crippen LogP contribution is 2.14. The van der Waals surface area contributed by atoms with Gasteiger partial charge < -0.3 is 9.69 Å². The fraction of sp³-hybridized carbons (Fsp3) is 0.800. The number of aldehydes is 1. The summed E-state index contributed by atoms with van der Waals surface area (Å²) in [5.74, 6) is 0. The molecule has 1 heterocycles. The lowest BCUT2D eigenvalue weighted by atomic mass is 9.95. The molecule has 0 N–H and O–H groups in total. The van der Waals surface area contributed by atoms with E-state index in [0.717, 1.165) is 45.4 Å². The maximum absolute atomic E-state index is 10.7. The van der Waals surface area contributed by atoms with Gasteiger partial charge in [0.1, 0.15) is 6.29 Å². The lowest BCUT2D eigenvalue weighted by Crippen LogP contribution is -2.48. The first-order chi connectivity index (χ1) is 6.57. The second-order valence-electron chi connectivity index (χ2n) is 4.52. The van der Waals surface area contributed by atoms with Crippen LogP contribution in [-0.2, 0) is 9.59 Å². The zero-order valence-corrected chi connectivity index (χ0v) is 8.90. The van der Waals surface area contributed by atoms with Gasteiger partial charge in [-0.1, -0.05) is 13.8 Å². The van der Waals surface area contributed by atoms with Crippen molar-refractivity contribution in [1.29, 1.82) is 0 Å². The first kappa shape index (κ1) is 11.2. The molecule has 0 atom stereocenters. The average molecular weight is 198 g/mol. The molecule has 1 fully saturated rings. The molecule has 14 heavy (non-hydrogen) atoms. The second-order valence-corrected chi connectivity index (χ2v) is 4.52. The van der Waals surface area contributed by atoms with Crippen LogP contribution in [0.15, 0.2) is 0 Å². The van der Waals surface area contributed by atoms with E-state index < -0.39 is 0 Å². The zero-order valence-electron chi connectivity index (χ0n) is 8.90. The second kappa shape index (κ2) is 4.55. The van der Waals surface area contributed by atoms with Crippen LogP contribution in [0.1, 0.15) is 13.8 Å². The smallest absolute Gasteiger partial charge is 0.209 e. The molecule has 0 aromatic heterocycles. The van der Waals surface area contributed by atoms with Gasteiger partial charge in [-0.05, 0) is 0 Å². The van der Waals surface area contributed by atoms with E-state index in [-0.39, 0.29) is 5.41 Å². The minimum Gasteiger partial charge on any atom is -0.343 e. The van der Waals surface area contributed by atoms with E-state index in [1.54, 1.807) is 4.90 Å². The lowest BCUT2D eigenvalue weighted by Gasteiger charge is -2.35. The van der Waals surface area contributed by atoms with Crippen molar-refractivity contribution in [2.24, 2.45) is 5.41 Å². The number of carbonyl (C=O) groups excluding carboxylic acids is 2.